The molecule has 1 aliphatic heterocycles. The highest BCUT2D eigenvalue weighted by Gasteiger charge is 2.25. The minimum atomic E-state index is -0.864. The highest BCUT2D eigenvalue weighted by molar-refractivity contribution is 5.66. The molecule has 0 saturated carbocycles. The molecule has 0 saturated heterocycles. The molecule has 0 aromatic carbocycles. The number of carboxylic acid groups (broad SMARTS) is 1. The van der Waals surface area contributed by atoms with E-state index in [0.29, 0.717) is 24.4 Å². The van der Waals surface area contributed by atoms with E-state index >= 15 is 0 Å². The van der Waals surface area contributed by atoms with Gasteiger partial charge in [-0.2, -0.15) is 0 Å². The van der Waals surface area contributed by atoms with Crippen molar-refractivity contribution in [3.05, 3.63) is 27.8 Å². The standard InChI is InChI=1S/C12H14O6/c1-16-9-5-12(15)18-10-4-7(2-3-11(13)14)17-6-8(9)10/h5,7H,2-4,6H2,1H3,(H,13,14). The van der Waals surface area contributed by atoms with Crippen LogP contribution < -0.4 is 10.4 Å². The Bertz CT molecular complexity index is 504. The predicted octanol–water partition coefficient (Wildman–Crippen LogP) is 0.954. The zero-order chi connectivity index (χ0) is 13.1. The SMILES string of the molecule is COc1cc(=O)oc2c1COC(CCC(=O)O)C2. The van der Waals surface area contributed by atoms with Gasteiger partial charge in [0, 0.05) is 12.8 Å². The number of fused-ring (bicyclic) bond motifs is 1. The molecule has 1 atom stereocenters. The number of hydrogen-bond acceptors (Lipinski definition) is 5. The number of rotatable bonds is 4. The molecule has 98 valence electrons. The molecule has 1 N–H and O–H groups in total. The Kier molecular flexibility index (Phi) is 3.66. The van der Waals surface area contributed by atoms with Gasteiger partial charge in [0.2, 0.25) is 0 Å². The molecule has 1 aliphatic rings. The number of aliphatic carboxylic acids is 1. The quantitative estimate of drug-likeness (QED) is 0.861. The Balaban J connectivity index is 2.16. The van der Waals surface area contributed by atoms with Crippen LogP contribution in [0.1, 0.15) is 24.2 Å². The van der Waals surface area contributed by atoms with Crippen LogP contribution in [-0.2, 0) is 22.6 Å². The van der Waals surface area contributed by atoms with E-state index in [9.17, 15) is 9.59 Å². The third kappa shape index (κ3) is 2.70. The predicted molar refractivity (Wildman–Crippen MR) is 60.7 cm³/mol. The lowest BCUT2D eigenvalue weighted by Gasteiger charge is -2.24. The van der Waals surface area contributed by atoms with Crippen molar-refractivity contribution < 1.29 is 23.8 Å². The van der Waals surface area contributed by atoms with Gasteiger partial charge >= 0.3 is 11.6 Å². The van der Waals surface area contributed by atoms with Crippen molar-refractivity contribution in [2.24, 2.45) is 0 Å². The topological polar surface area (TPSA) is 86.0 Å². The largest absolute Gasteiger partial charge is 0.496 e. The minimum Gasteiger partial charge on any atom is -0.496 e. The summed E-state index contributed by atoms with van der Waals surface area (Å²) in [6.45, 7) is 0.270. The molecule has 6 nitrogen and oxygen atoms in total. The summed E-state index contributed by atoms with van der Waals surface area (Å²) in [4.78, 5) is 21.8. The first-order valence-corrected chi connectivity index (χ1v) is 5.63. The fraction of sp³-hybridized carbons (Fsp3) is 0.500. The molecule has 0 radical (unpaired) electrons. The monoisotopic (exact) mass is 254 g/mol. The van der Waals surface area contributed by atoms with Crippen LogP contribution in [0, 0.1) is 0 Å². The fourth-order valence-corrected chi connectivity index (χ4v) is 1.98. The number of methoxy groups -OCH3 is 1. The maximum absolute atomic E-state index is 11.3. The molecule has 2 rings (SSSR count). The van der Waals surface area contributed by atoms with Crippen molar-refractivity contribution in [1.82, 2.24) is 0 Å². The van der Waals surface area contributed by atoms with Gasteiger partial charge in [-0.15, -0.1) is 0 Å². The van der Waals surface area contributed by atoms with Crippen molar-refractivity contribution in [3.63, 3.8) is 0 Å². The van der Waals surface area contributed by atoms with Gasteiger partial charge in [-0.1, -0.05) is 0 Å². The van der Waals surface area contributed by atoms with E-state index in [1.165, 1.54) is 13.2 Å². The van der Waals surface area contributed by atoms with E-state index in [0.717, 1.165) is 5.56 Å². The summed E-state index contributed by atoms with van der Waals surface area (Å²) < 4.78 is 15.7. The molecular weight excluding hydrogens is 240 g/mol. The zero-order valence-electron chi connectivity index (χ0n) is 9.97. The van der Waals surface area contributed by atoms with Gasteiger partial charge in [-0.3, -0.25) is 4.79 Å². The Morgan fingerprint density at radius 3 is 3.06 bits per heavy atom. The van der Waals surface area contributed by atoms with Gasteiger partial charge in [0.25, 0.3) is 0 Å². The molecule has 0 amide bonds. The van der Waals surface area contributed by atoms with Gasteiger partial charge < -0.3 is 19.0 Å². The van der Waals surface area contributed by atoms with Gasteiger partial charge in [-0.05, 0) is 6.42 Å². The van der Waals surface area contributed by atoms with Crippen LogP contribution >= 0.6 is 0 Å². The molecule has 1 aromatic heterocycles. The molecule has 6 heteroatoms. The van der Waals surface area contributed by atoms with Gasteiger partial charge in [0.05, 0.1) is 31.5 Å². The van der Waals surface area contributed by atoms with E-state index in [1.54, 1.807) is 0 Å². The molecule has 1 unspecified atom stereocenters. The highest BCUT2D eigenvalue weighted by Crippen LogP contribution is 2.28. The van der Waals surface area contributed by atoms with Crippen molar-refractivity contribution in [2.45, 2.75) is 32.0 Å². The van der Waals surface area contributed by atoms with Crippen molar-refractivity contribution in [2.75, 3.05) is 7.11 Å². The molecule has 0 bridgehead atoms. The first-order chi connectivity index (χ1) is 8.60. The second-order valence-electron chi connectivity index (χ2n) is 4.11. The Hall–Kier alpha value is -1.82. The normalized spacial score (nSPS) is 18.2. The van der Waals surface area contributed by atoms with Crippen molar-refractivity contribution in [1.29, 1.82) is 0 Å². The lowest BCUT2D eigenvalue weighted by molar-refractivity contribution is -0.138. The summed E-state index contributed by atoms with van der Waals surface area (Å²) in [7, 11) is 1.48. The molecule has 0 aliphatic carbocycles. The first kappa shape index (κ1) is 12.6. The molecule has 2 heterocycles. The van der Waals surface area contributed by atoms with Crippen LogP contribution in [0.4, 0.5) is 0 Å². The summed E-state index contributed by atoms with van der Waals surface area (Å²) in [6, 6.07) is 1.28. The average molecular weight is 254 g/mol. The second-order valence-corrected chi connectivity index (χ2v) is 4.11. The summed E-state index contributed by atoms with van der Waals surface area (Å²) in [5.41, 5.74) is 0.258. The van der Waals surface area contributed by atoms with Crippen LogP contribution in [0.5, 0.6) is 5.75 Å². The van der Waals surface area contributed by atoms with Crippen LogP contribution in [0.2, 0.25) is 0 Å². The van der Waals surface area contributed by atoms with Gasteiger partial charge in [0.1, 0.15) is 11.5 Å². The Morgan fingerprint density at radius 2 is 2.39 bits per heavy atom. The summed E-state index contributed by atoms with van der Waals surface area (Å²) in [6.07, 6.45) is 0.600. The number of carboxylic acids is 1. The van der Waals surface area contributed by atoms with Crippen LogP contribution in [0.25, 0.3) is 0 Å². The number of hydrogen-bond donors (Lipinski definition) is 1. The minimum absolute atomic E-state index is 0.0359. The van der Waals surface area contributed by atoms with E-state index in [2.05, 4.69) is 0 Å². The number of ether oxygens (including phenoxy) is 2. The van der Waals surface area contributed by atoms with Crippen LogP contribution in [0.3, 0.4) is 0 Å². The average Bonchev–Trinajstić information content (AvgIpc) is 2.34. The van der Waals surface area contributed by atoms with E-state index in [-0.39, 0.29) is 19.1 Å². The zero-order valence-corrected chi connectivity index (χ0v) is 9.97. The van der Waals surface area contributed by atoms with Gasteiger partial charge in [0.15, 0.2) is 0 Å². The molecule has 1 aromatic rings. The van der Waals surface area contributed by atoms with Crippen LogP contribution in [0.15, 0.2) is 15.3 Å². The Labute approximate surface area is 103 Å². The summed E-state index contributed by atoms with van der Waals surface area (Å²) >= 11 is 0. The molecule has 0 spiro atoms. The summed E-state index contributed by atoms with van der Waals surface area (Å²) in [5.74, 6) is 0.121. The third-order valence-corrected chi connectivity index (χ3v) is 2.88. The first-order valence-electron chi connectivity index (χ1n) is 5.63. The smallest absolute Gasteiger partial charge is 0.339 e. The third-order valence-electron chi connectivity index (χ3n) is 2.88. The molecule has 18 heavy (non-hydrogen) atoms. The van der Waals surface area contributed by atoms with Gasteiger partial charge in [-0.25, -0.2) is 4.79 Å². The molecule has 0 fully saturated rings. The molecular formula is C12H14O6. The summed E-state index contributed by atoms with van der Waals surface area (Å²) in [5, 5.41) is 8.62. The highest BCUT2D eigenvalue weighted by atomic mass is 16.5. The maximum atomic E-state index is 11.3. The Morgan fingerprint density at radius 1 is 1.61 bits per heavy atom. The lowest BCUT2D eigenvalue weighted by atomic mass is 10.0. The lowest BCUT2D eigenvalue weighted by Crippen LogP contribution is -2.25. The van der Waals surface area contributed by atoms with Crippen LogP contribution in [-0.4, -0.2) is 24.3 Å². The maximum Gasteiger partial charge on any atom is 0.339 e. The van der Waals surface area contributed by atoms with E-state index in [4.69, 9.17) is 19.0 Å². The van der Waals surface area contributed by atoms with E-state index in [1.807, 2.05) is 0 Å². The number of carbonyl (C=O) groups is 1. The van der Waals surface area contributed by atoms with Crippen molar-refractivity contribution in [3.8, 4) is 5.75 Å². The van der Waals surface area contributed by atoms with Crippen molar-refractivity contribution >= 4 is 5.97 Å². The second kappa shape index (κ2) is 5.22. The van der Waals surface area contributed by atoms with E-state index < -0.39 is 11.6 Å². The fourth-order valence-electron chi connectivity index (χ4n) is 1.98.